The molecule has 1 aromatic rings. The number of carbonyl (C=O) groups excluding carboxylic acids is 2. The zero-order valence-electron chi connectivity index (χ0n) is 15.8. The molecule has 2 amide bonds. The third-order valence-corrected chi connectivity index (χ3v) is 4.80. The first-order valence-corrected chi connectivity index (χ1v) is 8.93. The van der Waals surface area contributed by atoms with Crippen LogP contribution in [0.15, 0.2) is 18.2 Å². The highest BCUT2D eigenvalue weighted by molar-refractivity contribution is 5.98. The number of anilines is 2. The van der Waals surface area contributed by atoms with E-state index in [9.17, 15) is 9.59 Å². The molecular formula is C19H30ClN3O3. The minimum absolute atomic E-state index is 0. The van der Waals surface area contributed by atoms with E-state index < -0.39 is 5.41 Å². The third-order valence-electron chi connectivity index (χ3n) is 4.80. The fraction of sp³-hybridized carbons (Fsp3) is 0.579. The predicted octanol–water partition coefficient (Wildman–Crippen LogP) is 3.11. The Hall–Kier alpha value is -1.63. The van der Waals surface area contributed by atoms with Crippen molar-refractivity contribution in [3.63, 3.8) is 0 Å². The highest BCUT2D eigenvalue weighted by Crippen LogP contribution is 2.32. The van der Waals surface area contributed by atoms with Gasteiger partial charge in [-0.2, -0.15) is 0 Å². The van der Waals surface area contributed by atoms with Gasteiger partial charge in [0.1, 0.15) is 0 Å². The van der Waals surface area contributed by atoms with Gasteiger partial charge in [-0.25, -0.2) is 0 Å². The number of amides is 2. The smallest absolute Gasteiger partial charge is 0.233 e. The van der Waals surface area contributed by atoms with E-state index in [2.05, 4.69) is 16.0 Å². The van der Waals surface area contributed by atoms with Crippen LogP contribution in [0.1, 0.15) is 38.2 Å². The molecule has 0 unspecified atom stereocenters. The molecular weight excluding hydrogens is 354 g/mol. The predicted molar refractivity (Wildman–Crippen MR) is 107 cm³/mol. The summed E-state index contributed by atoms with van der Waals surface area (Å²) in [6.07, 6.45) is 2.78. The van der Waals surface area contributed by atoms with E-state index >= 15 is 0 Å². The first-order chi connectivity index (χ1) is 12.0. The normalized spacial score (nSPS) is 15.7. The van der Waals surface area contributed by atoms with E-state index in [1.165, 1.54) is 0 Å². The monoisotopic (exact) mass is 383 g/mol. The molecule has 6 nitrogen and oxygen atoms in total. The lowest BCUT2D eigenvalue weighted by atomic mass is 9.78. The lowest BCUT2D eigenvalue weighted by molar-refractivity contribution is -0.130. The van der Waals surface area contributed by atoms with E-state index in [-0.39, 0.29) is 24.2 Å². The maximum atomic E-state index is 13.0. The number of benzene rings is 1. The molecule has 1 fully saturated rings. The van der Waals surface area contributed by atoms with Gasteiger partial charge in [0.25, 0.3) is 0 Å². The van der Waals surface area contributed by atoms with E-state index in [0.29, 0.717) is 13.0 Å². The summed E-state index contributed by atoms with van der Waals surface area (Å²) in [7, 11) is 1.63. The Morgan fingerprint density at radius 1 is 1.19 bits per heavy atom. The van der Waals surface area contributed by atoms with Crippen molar-refractivity contribution in [1.82, 2.24) is 5.32 Å². The third kappa shape index (κ3) is 5.43. The molecule has 0 atom stereocenters. The van der Waals surface area contributed by atoms with Crippen LogP contribution in [-0.4, -0.2) is 38.6 Å². The molecule has 1 aliphatic heterocycles. The van der Waals surface area contributed by atoms with Crippen molar-refractivity contribution in [1.29, 1.82) is 0 Å². The number of halogens is 1. The highest BCUT2D eigenvalue weighted by atomic mass is 35.5. The summed E-state index contributed by atoms with van der Waals surface area (Å²) >= 11 is 0. The van der Waals surface area contributed by atoms with Crippen molar-refractivity contribution in [3.05, 3.63) is 23.8 Å². The summed E-state index contributed by atoms with van der Waals surface area (Å²) in [5.74, 6) is -0.0285. The Bertz CT molecular complexity index is 611. The zero-order chi connectivity index (χ0) is 18.3. The molecule has 2 rings (SSSR count). The van der Waals surface area contributed by atoms with E-state index in [4.69, 9.17) is 4.74 Å². The number of hydrogen-bond donors (Lipinski definition) is 3. The molecule has 26 heavy (non-hydrogen) atoms. The van der Waals surface area contributed by atoms with E-state index in [1.54, 1.807) is 7.11 Å². The summed E-state index contributed by atoms with van der Waals surface area (Å²) in [5, 5.41) is 9.25. The average Bonchev–Trinajstić information content (AvgIpc) is 2.59. The molecule has 1 aliphatic rings. The molecule has 0 aromatic heterocycles. The van der Waals surface area contributed by atoms with Gasteiger partial charge >= 0.3 is 0 Å². The van der Waals surface area contributed by atoms with Crippen LogP contribution < -0.4 is 16.0 Å². The highest BCUT2D eigenvalue weighted by Gasteiger charge is 2.39. The van der Waals surface area contributed by atoms with Crippen LogP contribution in [0.3, 0.4) is 0 Å². The molecule has 146 valence electrons. The molecule has 1 aromatic carbocycles. The van der Waals surface area contributed by atoms with Crippen LogP contribution in [0.25, 0.3) is 0 Å². The van der Waals surface area contributed by atoms with Gasteiger partial charge in [-0.3, -0.25) is 9.59 Å². The Morgan fingerprint density at radius 2 is 1.81 bits per heavy atom. The quantitative estimate of drug-likeness (QED) is 0.675. The second-order valence-corrected chi connectivity index (χ2v) is 6.69. The fourth-order valence-electron chi connectivity index (χ4n) is 3.22. The van der Waals surface area contributed by atoms with Crippen LogP contribution in [-0.2, 0) is 14.3 Å². The Morgan fingerprint density at radius 3 is 2.38 bits per heavy atom. The van der Waals surface area contributed by atoms with E-state index in [1.807, 2.05) is 32.0 Å². The van der Waals surface area contributed by atoms with Gasteiger partial charge in [-0.05, 0) is 57.0 Å². The number of rotatable bonds is 7. The Kier molecular flexibility index (Phi) is 9.05. The summed E-state index contributed by atoms with van der Waals surface area (Å²) in [6.45, 7) is 5.90. The molecule has 1 saturated heterocycles. The summed E-state index contributed by atoms with van der Waals surface area (Å²) in [5.41, 5.74) is 1.82. The Labute approximate surface area is 161 Å². The van der Waals surface area contributed by atoms with Crippen LogP contribution in [0.4, 0.5) is 11.4 Å². The lowest BCUT2D eigenvalue weighted by Crippen LogP contribution is -2.47. The lowest BCUT2D eigenvalue weighted by Gasteiger charge is -2.35. The standard InChI is InChI=1S/C19H29N3O3.ClH/c1-4-6-17(23)21-15-7-5-8-16(14(15)2)22-18(24)19(13-25-3)9-11-20-12-10-19;/h5,7-8,20H,4,6,9-13H2,1-3H3,(H,21,23)(H,22,24);1H. The molecule has 0 aliphatic carbocycles. The largest absolute Gasteiger partial charge is 0.384 e. The molecule has 7 heteroatoms. The SMILES string of the molecule is CCCC(=O)Nc1cccc(NC(=O)C2(COC)CCNCC2)c1C.Cl. The molecule has 0 radical (unpaired) electrons. The van der Waals surface area contributed by atoms with Crippen molar-refractivity contribution in [2.24, 2.45) is 5.41 Å². The van der Waals surface area contributed by atoms with Gasteiger partial charge in [0.15, 0.2) is 0 Å². The van der Waals surface area contributed by atoms with Crippen molar-refractivity contribution >= 4 is 35.6 Å². The summed E-state index contributed by atoms with van der Waals surface area (Å²) in [4.78, 5) is 24.8. The first-order valence-electron chi connectivity index (χ1n) is 8.93. The molecule has 3 N–H and O–H groups in total. The zero-order valence-corrected chi connectivity index (χ0v) is 16.6. The van der Waals surface area contributed by atoms with Crippen LogP contribution >= 0.6 is 12.4 Å². The number of methoxy groups -OCH3 is 1. The molecule has 0 spiro atoms. The summed E-state index contributed by atoms with van der Waals surface area (Å²) < 4.78 is 5.33. The number of hydrogen-bond acceptors (Lipinski definition) is 4. The van der Waals surface area contributed by atoms with Gasteiger partial charge in [-0.15, -0.1) is 12.4 Å². The van der Waals surface area contributed by atoms with Gasteiger partial charge in [0, 0.05) is 24.9 Å². The minimum atomic E-state index is -0.506. The van der Waals surface area contributed by atoms with Crippen LogP contribution in [0.2, 0.25) is 0 Å². The number of piperidine rings is 1. The van der Waals surface area contributed by atoms with Gasteiger partial charge in [0.2, 0.25) is 11.8 Å². The molecule has 0 saturated carbocycles. The number of nitrogens with one attached hydrogen (secondary N) is 3. The van der Waals surface area contributed by atoms with Crippen molar-refractivity contribution in [2.75, 3.05) is 37.4 Å². The summed E-state index contributed by atoms with van der Waals surface area (Å²) in [6, 6.07) is 5.56. The molecule has 0 bridgehead atoms. The van der Waals surface area contributed by atoms with Crippen LogP contribution in [0, 0.1) is 12.3 Å². The van der Waals surface area contributed by atoms with Gasteiger partial charge < -0.3 is 20.7 Å². The second-order valence-electron chi connectivity index (χ2n) is 6.69. The van der Waals surface area contributed by atoms with E-state index in [0.717, 1.165) is 49.3 Å². The minimum Gasteiger partial charge on any atom is -0.384 e. The topological polar surface area (TPSA) is 79.5 Å². The maximum absolute atomic E-state index is 13.0. The maximum Gasteiger partial charge on any atom is 0.233 e. The second kappa shape index (κ2) is 10.5. The number of carbonyl (C=O) groups is 2. The molecule has 1 heterocycles. The van der Waals surface area contributed by atoms with Crippen molar-refractivity contribution in [3.8, 4) is 0 Å². The first kappa shape index (κ1) is 22.4. The average molecular weight is 384 g/mol. The van der Waals surface area contributed by atoms with Crippen LogP contribution in [0.5, 0.6) is 0 Å². The van der Waals surface area contributed by atoms with Crippen molar-refractivity contribution in [2.45, 2.75) is 39.5 Å². The fourth-order valence-corrected chi connectivity index (χ4v) is 3.22. The van der Waals surface area contributed by atoms with Gasteiger partial charge in [-0.1, -0.05) is 13.0 Å². The number of ether oxygens (including phenoxy) is 1. The Balaban J connectivity index is 0.00000338. The van der Waals surface area contributed by atoms with Crippen molar-refractivity contribution < 1.29 is 14.3 Å². The van der Waals surface area contributed by atoms with Gasteiger partial charge in [0.05, 0.1) is 12.0 Å².